The van der Waals surface area contributed by atoms with Crippen molar-refractivity contribution in [1.29, 1.82) is 0 Å². The van der Waals surface area contributed by atoms with Crippen LogP contribution in [0.5, 0.6) is 0 Å². The molecule has 0 N–H and O–H groups in total. The van der Waals surface area contributed by atoms with E-state index in [1.165, 1.54) is 6.26 Å². The minimum absolute atomic E-state index is 0. The molecule has 1 aromatic rings. The molecule has 0 bridgehead atoms. The molecular formula is C11H17ClN2O2. The maximum Gasteiger partial charge on any atom is 0.289 e. The van der Waals surface area contributed by atoms with Gasteiger partial charge in [0.2, 0.25) is 0 Å². The lowest BCUT2D eigenvalue weighted by molar-refractivity contribution is 0.0612. The molecular weight excluding hydrogens is 228 g/mol. The van der Waals surface area contributed by atoms with Gasteiger partial charge in [0.15, 0.2) is 5.76 Å². The van der Waals surface area contributed by atoms with E-state index in [1.54, 1.807) is 12.1 Å². The van der Waals surface area contributed by atoms with Gasteiger partial charge in [-0.05, 0) is 18.7 Å². The van der Waals surface area contributed by atoms with Gasteiger partial charge < -0.3 is 14.2 Å². The van der Waals surface area contributed by atoms with Gasteiger partial charge in [0.25, 0.3) is 5.91 Å². The molecule has 0 aliphatic carbocycles. The van der Waals surface area contributed by atoms with E-state index in [0.29, 0.717) is 5.76 Å². The first kappa shape index (κ1) is 13.1. The summed E-state index contributed by atoms with van der Waals surface area (Å²) in [5.74, 6) is 0.454. The van der Waals surface area contributed by atoms with E-state index in [4.69, 9.17) is 4.42 Å². The van der Waals surface area contributed by atoms with E-state index in [2.05, 4.69) is 11.8 Å². The molecule has 1 aliphatic rings. The summed E-state index contributed by atoms with van der Waals surface area (Å²) in [5, 5.41) is 0. The lowest BCUT2D eigenvalue weighted by Gasteiger charge is -2.33. The maximum absolute atomic E-state index is 11.9. The summed E-state index contributed by atoms with van der Waals surface area (Å²) in [7, 11) is 0. The fourth-order valence-electron chi connectivity index (χ4n) is 1.82. The van der Waals surface area contributed by atoms with E-state index >= 15 is 0 Å². The number of furan rings is 1. The lowest BCUT2D eigenvalue weighted by atomic mass is 10.3. The van der Waals surface area contributed by atoms with Gasteiger partial charge in [-0.3, -0.25) is 4.79 Å². The number of amides is 1. The Labute approximate surface area is 102 Å². The predicted octanol–water partition coefficient (Wildman–Crippen LogP) is 1.48. The summed E-state index contributed by atoms with van der Waals surface area (Å²) >= 11 is 0. The highest BCUT2D eigenvalue weighted by Gasteiger charge is 2.22. The standard InChI is InChI=1S/C11H16N2O2.ClH/c1-2-12-5-7-13(8-6-12)11(14)10-4-3-9-15-10;/h3-4,9H,2,5-8H2,1H3;1H. The zero-order valence-corrected chi connectivity index (χ0v) is 10.2. The van der Waals surface area contributed by atoms with Gasteiger partial charge in [-0.1, -0.05) is 6.92 Å². The van der Waals surface area contributed by atoms with Crippen LogP contribution in [0.15, 0.2) is 22.8 Å². The number of carbonyl (C=O) groups excluding carboxylic acids is 1. The summed E-state index contributed by atoms with van der Waals surface area (Å²) < 4.78 is 5.10. The predicted molar refractivity (Wildman–Crippen MR) is 64.0 cm³/mol. The number of carbonyl (C=O) groups is 1. The largest absolute Gasteiger partial charge is 0.459 e. The number of likely N-dealkylation sites (N-methyl/N-ethyl adjacent to an activating group) is 1. The Bertz CT molecular complexity index is 319. The number of hydrogen-bond donors (Lipinski definition) is 0. The molecule has 0 aromatic carbocycles. The Morgan fingerprint density at radius 2 is 2.06 bits per heavy atom. The third kappa shape index (κ3) is 2.77. The van der Waals surface area contributed by atoms with Crippen LogP contribution in [0, 0.1) is 0 Å². The molecule has 0 unspecified atom stereocenters. The zero-order valence-electron chi connectivity index (χ0n) is 9.39. The zero-order chi connectivity index (χ0) is 10.7. The Hall–Kier alpha value is -1.00. The van der Waals surface area contributed by atoms with Crippen LogP contribution in [-0.4, -0.2) is 48.4 Å². The molecule has 4 nitrogen and oxygen atoms in total. The molecule has 0 atom stereocenters. The van der Waals surface area contributed by atoms with Crippen molar-refractivity contribution in [1.82, 2.24) is 9.80 Å². The molecule has 1 saturated heterocycles. The molecule has 2 rings (SSSR count). The highest BCUT2D eigenvalue weighted by molar-refractivity contribution is 5.91. The normalized spacial score (nSPS) is 16.9. The van der Waals surface area contributed by atoms with Crippen molar-refractivity contribution in [2.45, 2.75) is 6.92 Å². The third-order valence-electron chi connectivity index (χ3n) is 2.84. The third-order valence-corrected chi connectivity index (χ3v) is 2.84. The van der Waals surface area contributed by atoms with Gasteiger partial charge in [-0.25, -0.2) is 0 Å². The van der Waals surface area contributed by atoms with Crippen molar-refractivity contribution in [3.63, 3.8) is 0 Å². The van der Waals surface area contributed by atoms with Crippen molar-refractivity contribution < 1.29 is 9.21 Å². The Morgan fingerprint density at radius 3 is 2.56 bits per heavy atom. The van der Waals surface area contributed by atoms with Gasteiger partial charge >= 0.3 is 0 Å². The molecule has 1 aromatic heterocycles. The van der Waals surface area contributed by atoms with Crippen LogP contribution in [0.3, 0.4) is 0 Å². The monoisotopic (exact) mass is 244 g/mol. The van der Waals surface area contributed by atoms with Crippen molar-refractivity contribution in [3.8, 4) is 0 Å². The van der Waals surface area contributed by atoms with Gasteiger partial charge in [0.05, 0.1) is 6.26 Å². The van der Waals surface area contributed by atoms with E-state index in [9.17, 15) is 4.79 Å². The highest BCUT2D eigenvalue weighted by Crippen LogP contribution is 2.08. The van der Waals surface area contributed by atoms with Gasteiger partial charge in [-0.2, -0.15) is 0 Å². The van der Waals surface area contributed by atoms with Crippen LogP contribution in [-0.2, 0) is 0 Å². The lowest BCUT2D eigenvalue weighted by Crippen LogP contribution is -2.48. The summed E-state index contributed by atoms with van der Waals surface area (Å²) in [6.45, 7) is 6.72. The molecule has 5 heteroatoms. The van der Waals surface area contributed by atoms with E-state index in [-0.39, 0.29) is 18.3 Å². The molecule has 16 heavy (non-hydrogen) atoms. The van der Waals surface area contributed by atoms with Gasteiger partial charge in [-0.15, -0.1) is 12.4 Å². The van der Waals surface area contributed by atoms with Crippen LogP contribution >= 0.6 is 12.4 Å². The minimum Gasteiger partial charge on any atom is -0.459 e. The van der Waals surface area contributed by atoms with Crippen LogP contribution < -0.4 is 0 Å². The van der Waals surface area contributed by atoms with Crippen molar-refractivity contribution in [2.24, 2.45) is 0 Å². The summed E-state index contributed by atoms with van der Waals surface area (Å²) in [4.78, 5) is 16.1. The molecule has 1 amide bonds. The Morgan fingerprint density at radius 1 is 1.38 bits per heavy atom. The first-order valence-corrected chi connectivity index (χ1v) is 5.36. The smallest absolute Gasteiger partial charge is 0.289 e. The first-order valence-electron chi connectivity index (χ1n) is 5.36. The average molecular weight is 245 g/mol. The highest BCUT2D eigenvalue weighted by atomic mass is 35.5. The topological polar surface area (TPSA) is 36.7 Å². The van der Waals surface area contributed by atoms with Crippen molar-refractivity contribution >= 4 is 18.3 Å². The summed E-state index contributed by atoms with van der Waals surface area (Å²) in [6, 6.07) is 3.46. The van der Waals surface area contributed by atoms with E-state index in [1.807, 2.05) is 4.90 Å². The van der Waals surface area contributed by atoms with Crippen LogP contribution in [0.25, 0.3) is 0 Å². The second-order valence-corrected chi connectivity index (χ2v) is 3.70. The van der Waals surface area contributed by atoms with Crippen LogP contribution in [0.4, 0.5) is 0 Å². The SMILES string of the molecule is CCN1CCN(C(=O)c2ccco2)CC1.Cl. The number of rotatable bonds is 2. The second kappa shape index (κ2) is 5.92. The fourth-order valence-corrected chi connectivity index (χ4v) is 1.82. The molecule has 90 valence electrons. The number of hydrogen-bond acceptors (Lipinski definition) is 3. The molecule has 0 saturated carbocycles. The molecule has 1 fully saturated rings. The first-order chi connectivity index (χ1) is 7.31. The van der Waals surface area contributed by atoms with Gasteiger partial charge in [0.1, 0.15) is 0 Å². The van der Waals surface area contributed by atoms with Crippen molar-refractivity contribution in [2.75, 3.05) is 32.7 Å². The van der Waals surface area contributed by atoms with Crippen molar-refractivity contribution in [3.05, 3.63) is 24.2 Å². The molecule has 1 aliphatic heterocycles. The fraction of sp³-hybridized carbons (Fsp3) is 0.545. The number of nitrogens with zero attached hydrogens (tertiary/aromatic N) is 2. The van der Waals surface area contributed by atoms with Gasteiger partial charge in [0, 0.05) is 26.2 Å². The van der Waals surface area contributed by atoms with E-state index < -0.39 is 0 Å². The average Bonchev–Trinajstić information content (AvgIpc) is 2.82. The Kier molecular flexibility index (Phi) is 4.83. The maximum atomic E-state index is 11.9. The quantitative estimate of drug-likeness (QED) is 0.791. The van der Waals surface area contributed by atoms with Crippen LogP contribution in [0.2, 0.25) is 0 Å². The molecule has 2 heterocycles. The molecule has 0 radical (unpaired) electrons. The number of piperazine rings is 1. The second-order valence-electron chi connectivity index (χ2n) is 3.70. The van der Waals surface area contributed by atoms with E-state index in [0.717, 1.165) is 32.7 Å². The Balaban J connectivity index is 0.00000128. The van der Waals surface area contributed by atoms with Crippen LogP contribution in [0.1, 0.15) is 17.5 Å². The minimum atomic E-state index is 0. The number of halogens is 1. The summed E-state index contributed by atoms with van der Waals surface area (Å²) in [6.07, 6.45) is 1.54. The summed E-state index contributed by atoms with van der Waals surface area (Å²) in [5.41, 5.74) is 0. The molecule has 0 spiro atoms.